The third kappa shape index (κ3) is 7.56. The third-order valence-corrected chi connectivity index (χ3v) is 8.12. The standard InChI is InChI=1S/C27H29BrClN3O4S/c1-19(2)30-27(34)20(3)31(17-21-12-14-22(28)15-13-21)26(33)18-32(24-9-7-8-23(29)16-24)37(35,36)25-10-5-4-6-11-25/h4-16,19-20H,17-18H2,1-3H3,(H,30,34). The van der Waals surface area contributed by atoms with E-state index in [0.717, 1.165) is 14.3 Å². The number of hydrogen-bond acceptors (Lipinski definition) is 4. The average molecular weight is 607 g/mol. The van der Waals surface area contributed by atoms with E-state index in [0.29, 0.717) is 5.02 Å². The highest BCUT2D eigenvalue weighted by Gasteiger charge is 2.32. The highest BCUT2D eigenvalue weighted by molar-refractivity contribution is 9.10. The van der Waals surface area contributed by atoms with Crippen LogP contribution in [0.2, 0.25) is 5.02 Å². The summed E-state index contributed by atoms with van der Waals surface area (Å²) in [6.45, 7) is 4.89. The van der Waals surface area contributed by atoms with Gasteiger partial charge in [-0.25, -0.2) is 8.42 Å². The molecule has 0 aliphatic rings. The van der Waals surface area contributed by atoms with Gasteiger partial charge in [-0.05, 0) is 68.8 Å². The first-order valence-corrected chi connectivity index (χ1v) is 14.3. The molecule has 1 unspecified atom stereocenters. The Hall–Kier alpha value is -2.88. The van der Waals surface area contributed by atoms with Crippen molar-refractivity contribution in [3.63, 3.8) is 0 Å². The van der Waals surface area contributed by atoms with E-state index in [1.54, 1.807) is 43.3 Å². The molecule has 2 amide bonds. The molecule has 1 atom stereocenters. The topological polar surface area (TPSA) is 86.8 Å². The predicted octanol–water partition coefficient (Wildman–Crippen LogP) is 5.24. The lowest BCUT2D eigenvalue weighted by molar-refractivity contribution is -0.139. The molecule has 3 aromatic rings. The Bertz CT molecular complexity index is 1340. The van der Waals surface area contributed by atoms with E-state index in [2.05, 4.69) is 21.2 Å². The number of benzene rings is 3. The van der Waals surface area contributed by atoms with Crippen molar-refractivity contribution in [1.29, 1.82) is 0 Å². The van der Waals surface area contributed by atoms with Crippen LogP contribution in [-0.2, 0) is 26.2 Å². The fraction of sp³-hybridized carbons (Fsp3) is 0.259. The molecule has 0 aromatic heterocycles. The zero-order valence-corrected chi connectivity index (χ0v) is 23.9. The summed E-state index contributed by atoms with van der Waals surface area (Å²) in [5.41, 5.74) is 1.04. The molecule has 196 valence electrons. The molecule has 37 heavy (non-hydrogen) atoms. The van der Waals surface area contributed by atoms with Gasteiger partial charge in [0.05, 0.1) is 10.6 Å². The Morgan fingerprint density at radius 2 is 1.59 bits per heavy atom. The first-order valence-electron chi connectivity index (χ1n) is 11.7. The van der Waals surface area contributed by atoms with E-state index in [4.69, 9.17) is 11.6 Å². The van der Waals surface area contributed by atoms with Gasteiger partial charge in [0, 0.05) is 22.1 Å². The van der Waals surface area contributed by atoms with Crippen molar-refractivity contribution in [2.24, 2.45) is 0 Å². The molecule has 0 spiro atoms. The lowest BCUT2D eigenvalue weighted by Gasteiger charge is -2.32. The molecule has 0 heterocycles. The Labute approximate surface area is 231 Å². The molecule has 0 fully saturated rings. The van der Waals surface area contributed by atoms with Crippen molar-refractivity contribution in [3.8, 4) is 0 Å². The first-order chi connectivity index (χ1) is 17.5. The van der Waals surface area contributed by atoms with Crippen LogP contribution in [-0.4, -0.2) is 43.8 Å². The lowest BCUT2D eigenvalue weighted by Crippen LogP contribution is -2.52. The summed E-state index contributed by atoms with van der Waals surface area (Å²) in [6, 6.07) is 20.6. The second kappa shape index (κ2) is 12.6. The van der Waals surface area contributed by atoms with Gasteiger partial charge in [0.15, 0.2) is 0 Å². The molecule has 0 aliphatic heterocycles. The van der Waals surface area contributed by atoms with Crippen molar-refractivity contribution >= 4 is 55.1 Å². The van der Waals surface area contributed by atoms with Crippen LogP contribution in [0.15, 0.2) is 88.2 Å². The number of carbonyl (C=O) groups excluding carboxylic acids is 2. The van der Waals surface area contributed by atoms with Gasteiger partial charge in [-0.15, -0.1) is 0 Å². The monoisotopic (exact) mass is 605 g/mol. The summed E-state index contributed by atoms with van der Waals surface area (Å²) in [4.78, 5) is 28.1. The number of hydrogen-bond donors (Lipinski definition) is 1. The van der Waals surface area contributed by atoms with Gasteiger partial charge in [0.25, 0.3) is 10.0 Å². The number of halogens is 2. The van der Waals surface area contributed by atoms with Gasteiger partial charge in [0.1, 0.15) is 12.6 Å². The molecule has 0 aliphatic carbocycles. The Balaban J connectivity index is 2.01. The molecule has 0 bridgehead atoms. The number of anilines is 1. The van der Waals surface area contributed by atoms with Gasteiger partial charge < -0.3 is 10.2 Å². The van der Waals surface area contributed by atoms with E-state index in [1.807, 2.05) is 38.1 Å². The molecule has 3 aromatic carbocycles. The van der Waals surface area contributed by atoms with E-state index < -0.39 is 28.5 Å². The second-order valence-electron chi connectivity index (χ2n) is 8.79. The van der Waals surface area contributed by atoms with E-state index in [9.17, 15) is 18.0 Å². The van der Waals surface area contributed by atoms with E-state index in [-0.39, 0.29) is 29.1 Å². The zero-order chi connectivity index (χ0) is 27.2. The van der Waals surface area contributed by atoms with Gasteiger partial charge in [0.2, 0.25) is 11.8 Å². The smallest absolute Gasteiger partial charge is 0.264 e. The fourth-order valence-electron chi connectivity index (χ4n) is 3.65. The molecule has 7 nitrogen and oxygen atoms in total. The normalized spacial score (nSPS) is 12.2. The zero-order valence-electron chi connectivity index (χ0n) is 20.8. The first kappa shape index (κ1) is 28.7. The van der Waals surface area contributed by atoms with Crippen LogP contribution >= 0.6 is 27.5 Å². The molecule has 0 radical (unpaired) electrons. The molecular weight excluding hydrogens is 578 g/mol. The van der Waals surface area contributed by atoms with Gasteiger partial charge in [-0.1, -0.05) is 63.9 Å². The Morgan fingerprint density at radius 3 is 2.19 bits per heavy atom. The average Bonchev–Trinajstić information content (AvgIpc) is 2.86. The Kier molecular flexibility index (Phi) is 9.75. The number of amides is 2. The van der Waals surface area contributed by atoms with Crippen molar-refractivity contribution in [2.75, 3.05) is 10.8 Å². The molecule has 0 saturated carbocycles. The molecule has 0 saturated heterocycles. The van der Waals surface area contributed by atoms with Crippen molar-refractivity contribution in [1.82, 2.24) is 10.2 Å². The van der Waals surface area contributed by atoms with Crippen LogP contribution in [0, 0.1) is 0 Å². The maximum absolute atomic E-state index is 13.8. The van der Waals surface area contributed by atoms with Crippen LogP contribution in [0.3, 0.4) is 0 Å². The third-order valence-electron chi connectivity index (χ3n) is 5.57. The number of carbonyl (C=O) groups is 2. The van der Waals surface area contributed by atoms with E-state index in [1.165, 1.54) is 23.1 Å². The SMILES string of the molecule is CC(C)NC(=O)C(C)N(Cc1ccc(Br)cc1)C(=O)CN(c1cccc(Cl)c1)S(=O)(=O)c1ccccc1. The van der Waals surface area contributed by atoms with Gasteiger partial charge in [-0.2, -0.15) is 0 Å². The predicted molar refractivity (Wildman–Crippen MR) is 150 cm³/mol. The quantitative estimate of drug-likeness (QED) is 0.342. The van der Waals surface area contributed by atoms with Gasteiger partial charge in [-0.3, -0.25) is 13.9 Å². The summed E-state index contributed by atoms with van der Waals surface area (Å²) in [7, 11) is -4.12. The molecule has 10 heteroatoms. The Morgan fingerprint density at radius 1 is 0.946 bits per heavy atom. The van der Waals surface area contributed by atoms with Crippen LogP contribution in [0.1, 0.15) is 26.3 Å². The highest BCUT2D eigenvalue weighted by atomic mass is 79.9. The molecule has 1 N–H and O–H groups in total. The van der Waals surface area contributed by atoms with Crippen LogP contribution in [0.25, 0.3) is 0 Å². The molecular formula is C27H29BrClN3O4S. The highest BCUT2D eigenvalue weighted by Crippen LogP contribution is 2.27. The summed E-state index contributed by atoms with van der Waals surface area (Å²) >= 11 is 9.57. The van der Waals surface area contributed by atoms with Crippen LogP contribution < -0.4 is 9.62 Å². The summed E-state index contributed by atoms with van der Waals surface area (Å²) in [6.07, 6.45) is 0. The number of nitrogens with zero attached hydrogens (tertiary/aromatic N) is 2. The summed E-state index contributed by atoms with van der Waals surface area (Å²) in [5, 5.41) is 3.16. The number of nitrogens with one attached hydrogen (secondary N) is 1. The van der Waals surface area contributed by atoms with Crippen molar-refractivity contribution in [3.05, 3.63) is 93.9 Å². The minimum Gasteiger partial charge on any atom is -0.352 e. The summed E-state index contributed by atoms with van der Waals surface area (Å²) < 4.78 is 29.3. The number of sulfonamides is 1. The minimum absolute atomic E-state index is 0.0350. The lowest BCUT2D eigenvalue weighted by atomic mass is 10.1. The maximum Gasteiger partial charge on any atom is 0.264 e. The second-order valence-corrected chi connectivity index (χ2v) is 12.0. The minimum atomic E-state index is -4.12. The van der Waals surface area contributed by atoms with Gasteiger partial charge >= 0.3 is 0 Å². The van der Waals surface area contributed by atoms with Crippen molar-refractivity contribution < 1.29 is 18.0 Å². The van der Waals surface area contributed by atoms with E-state index >= 15 is 0 Å². The number of rotatable bonds is 10. The molecule has 3 rings (SSSR count). The van der Waals surface area contributed by atoms with Crippen LogP contribution in [0.4, 0.5) is 5.69 Å². The summed E-state index contributed by atoms with van der Waals surface area (Å²) in [5.74, 6) is -0.866. The van der Waals surface area contributed by atoms with Crippen molar-refractivity contribution in [2.45, 2.75) is 44.3 Å². The fourth-order valence-corrected chi connectivity index (χ4v) is 5.53. The van der Waals surface area contributed by atoms with Crippen LogP contribution in [0.5, 0.6) is 0 Å². The maximum atomic E-state index is 13.8. The largest absolute Gasteiger partial charge is 0.352 e.